The van der Waals surface area contributed by atoms with Gasteiger partial charge < -0.3 is 10.2 Å². The summed E-state index contributed by atoms with van der Waals surface area (Å²) in [6.45, 7) is 10.9. The van der Waals surface area contributed by atoms with E-state index in [2.05, 4.69) is 42.7 Å². The van der Waals surface area contributed by atoms with Gasteiger partial charge in [-0.1, -0.05) is 6.92 Å². The Kier molecular flexibility index (Phi) is 5.19. The Morgan fingerprint density at radius 2 is 2.18 bits per heavy atom. The summed E-state index contributed by atoms with van der Waals surface area (Å²) >= 11 is 2.14. The lowest BCUT2D eigenvalue weighted by Crippen LogP contribution is -2.42. The van der Waals surface area contributed by atoms with Gasteiger partial charge in [-0.3, -0.25) is 0 Å². The van der Waals surface area contributed by atoms with Gasteiger partial charge >= 0.3 is 0 Å². The molecule has 0 bridgehead atoms. The number of nitrogens with one attached hydrogen (secondary N) is 1. The molecule has 3 unspecified atom stereocenters. The maximum absolute atomic E-state index is 3.83. The molecule has 2 aliphatic heterocycles. The number of thioether (sulfide) groups is 1. The molecule has 0 aromatic heterocycles. The SMILES string of the molecule is CC1SCCCC1NCC1CCN(C(C)C)C1. The second-order valence-corrected chi connectivity index (χ2v) is 7.46. The highest BCUT2D eigenvalue weighted by Crippen LogP contribution is 2.25. The van der Waals surface area contributed by atoms with Crippen LogP contribution in [0.3, 0.4) is 0 Å². The summed E-state index contributed by atoms with van der Waals surface area (Å²) in [5.74, 6) is 2.25. The van der Waals surface area contributed by atoms with Crippen LogP contribution in [-0.4, -0.2) is 47.6 Å². The summed E-state index contributed by atoms with van der Waals surface area (Å²) in [4.78, 5) is 2.62. The Morgan fingerprint density at radius 3 is 2.82 bits per heavy atom. The van der Waals surface area contributed by atoms with Crippen LogP contribution in [0.5, 0.6) is 0 Å². The predicted octanol–water partition coefficient (Wildman–Crippen LogP) is 2.59. The van der Waals surface area contributed by atoms with Crippen LogP contribution in [0, 0.1) is 5.92 Å². The van der Waals surface area contributed by atoms with E-state index in [4.69, 9.17) is 0 Å². The molecule has 0 aromatic rings. The average Bonchev–Trinajstić information content (AvgIpc) is 2.77. The lowest BCUT2D eigenvalue weighted by atomic mass is 10.1. The molecule has 0 saturated carbocycles. The average molecular weight is 256 g/mol. The first-order valence-electron chi connectivity index (χ1n) is 7.26. The molecule has 2 heterocycles. The minimum atomic E-state index is 0.726. The molecule has 0 radical (unpaired) electrons. The van der Waals surface area contributed by atoms with Gasteiger partial charge in [0.05, 0.1) is 0 Å². The molecule has 0 spiro atoms. The molecule has 0 amide bonds. The largest absolute Gasteiger partial charge is 0.313 e. The Labute approximate surface area is 111 Å². The minimum absolute atomic E-state index is 0.726. The highest BCUT2D eigenvalue weighted by molar-refractivity contribution is 7.99. The lowest BCUT2D eigenvalue weighted by molar-refractivity contribution is 0.262. The van der Waals surface area contributed by atoms with E-state index in [0.717, 1.165) is 23.3 Å². The molecule has 3 heteroatoms. The van der Waals surface area contributed by atoms with Crippen LogP contribution < -0.4 is 5.32 Å². The number of hydrogen-bond acceptors (Lipinski definition) is 3. The van der Waals surface area contributed by atoms with E-state index in [1.54, 1.807) is 0 Å². The fourth-order valence-corrected chi connectivity index (χ4v) is 4.18. The van der Waals surface area contributed by atoms with Crippen molar-refractivity contribution >= 4 is 11.8 Å². The Balaban J connectivity index is 1.68. The van der Waals surface area contributed by atoms with Crippen LogP contribution in [0.4, 0.5) is 0 Å². The van der Waals surface area contributed by atoms with Crippen LogP contribution in [0.15, 0.2) is 0 Å². The van der Waals surface area contributed by atoms with Crippen LogP contribution in [0.25, 0.3) is 0 Å². The first-order valence-corrected chi connectivity index (χ1v) is 8.30. The van der Waals surface area contributed by atoms with Crippen molar-refractivity contribution in [1.29, 1.82) is 0 Å². The third-order valence-corrected chi connectivity index (χ3v) is 5.70. The van der Waals surface area contributed by atoms with E-state index >= 15 is 0 Å². The van der Waals surface area contributed by atoms with E-state index in [-0.39, 0.29) is 0 Å². The second-order valence-electron chi connectivity index (χ2n) is 5.98. The quantitative estimate of drug-likeness (QED) is 0.832. The minimum Gasteiger partial charge on any atom is -0.313 e. The van der Waals surface area contributed by atoms with Crippen molar-refractivity contribution in [2.75, 3.05) is 25.4 Å². The van der Waals surface area contributed by atoms with Crippen molar-refractivity contribution in [3.8, 4) is 0 Å². The fourth-order valence-electron chi connectivity index (χ4n) is 3.01. The van der Waals surface area contributed by atoms with Crippen molar-refractivity contribution in [1.82, 2.24) is 10.2 Å². The third kappa shape index (κ3) is 3.87. The number of nitrogens with zero attached hydrogens (tertiary/aromatic N) is 1. The highest BCUT2D eigenvalue weighted by atomic mass is 32.2. The molecule has 2 rings (SSSR count). The molecule has 100 valence electrons. The molecule has 2 saturated heterocycles. The summed E-state index contributed by atoms with van der Waals surface area (Å²) in [5.41, 5.74) is 0. The zero-order valence-corrected chi connectivity index (χ0v) is 12.4. The first kappa shape index (κ1) is 13.7. The van der Waals surface area contributed by atoms with Gasteiger partial charge in [0.1, 0.15) is 0 Å². The van der Waals surface area contributed by atoms with Gasteiger partial charge in [-0.2, -0.15) is 11.8 Å². The van der Waals surface area contributed by atoms with Crippen LogP contribution in [-0.2, 0) is 0 Å². The molecule has 2 nitrogen and oxygen atoms in total. The van der Waals surface area contributed by atoms with Crippen LogP contribution in [0.1, 0.15) is 40.0 Å². The maximum atomic E-state index is 3.83. The van der Waals surface area contributed by atoms with Gasteiger partial charge in [0.15, 0.2) is 0 Å². The molecular formula is C14H28N2S. The molecule has 2 fully saturated rings. The molecule has 2 aliphatic rings. The van der Waals surface area contributed by atoms with E-state index < -0.39 is 0 Å². The summed E-state index contributed by atoms with van der Waals surface area (Å²) < 4.78 is 0. The summed E-state index contributed by atoms with van der Waals surface area (Å²) in [7, 11) is 0. The van der Waals surface area contributed by atoms with Gasteiger partial charge in [-0.25, -0.2) is 0 Å². The maximum Gasteiger partial charge on any atom is 0.0184 e. The number of rotatable bonds is 4. The normalized spacial score (nSPS) is 35.6. The van der Waals surface area contributed by atoms with E-state index in [1.807, 2.05) is 0 Å². The number of hydrogen-bond donors (Lipinski definition) is 1. The van der Waals surface area contributed by atoms with Crippen molar-refractivity contribution < 1.29 is 0 Å². The summed E-state index contributed by atoms with van der Waals surface area (Å²) in [6, 6.07) is 1.49. The van der Waals surface area contributed by atoms with Gasteiger partial charge in [0.25, 0.3) is 0 Å². The van der Waals surface area contributed by atoms with Crippen molar-refractivity contribution in [2.45, 2.75) is 57.4 Å². The monoisotopic (exact) mass is 256 g/mol. The van der Waals surface area contributed by atoms with Gasteiger partial charge in [0.2, 0.25) is 0 Å². The van der Waals surface area contributed by atoms with Crippen molar-refractivity contribution in [3.05, 3.63) is 0 Å². The van der Waals surface area contributed by atoms with Crippen LogP contribution in [0.2, 0.25) is 0 Å². The van der Waals surface area contributed by atoms with Gasteiger partial charge in [-0.05, 0) is 57.9 Å². The number of likely N-dealkylation sites (tertiary alicyclic amines) is 1. The van der Waals surface area contributed by atoms with E-state index in [0.29, 0.717) is 0 Å². The molecular weight excluding hydrogens is 228 g/mol. The van der Waals surface area contributed by atoms with Gasteiger partial charge in [0, 0.05) is 23.9 Å². The van der Waals surface area contributed by atoms with E-state index in [1.165, 1.54) is 44.6 Å². The van der Waals surface area contributed by atoms with Crippen molar-refractivity contribution in [3.63, 3.8) is 0 Å². The molecule has 1 N–H and O–H groups in total. The highest BCUT2D eigenvalue weighted by Gasteiger charge is 2.26. The molecule has 3 atom stereocenters. The molecule has 0 aromatic carbocycles. The first-order chi connectivity index (χ1) is 8.16. The van der Waals surface area contributed by atoms with Gasteiger partial charge in [-0.15, -0.1) is 0 Å². The Morgan fingerprint density at radius 1 is 1.35 bits per heavy atom. The zero-order valence-electron chi connectivity index (χ0n) is 11.6. The standard InChI is InChI=1S/C14H28N2S/c1-11(2)16-7-6-13(10-16)9-15-14-5-4-8-17-12(14)3/h11-15H,4-10H2,1-3H3. The summed E-state index contributed by atoms with van der Waals surface area (Å²) in [6.07, 6.45) is 4.17. The van der Waals surface area contributed by atoms with Crippen molar-refractivity contribution in [2.24, 2.45) is 5.92 Å². The molecule has 0 aliphatic carbocycles. The lowest BCUT2D eigenvalue weighted by Gasteiger charge is -2.30. The molecule has 17 heavy (non-hydrogen) atoms. The summed E-state index contributed by atoms with van der Waals surface area (Å²) in [5, 5.41) is 4.64. The second kappa shape index (κ2) is 6.44. The van der Waals surface area contributed by atoms with Crippen LogP contribution >= 0.6 is 11.8 Å². The topological polar surface area (TPSA) is 15.3 Å². The fraction of sp³-hybridized carbons (Fsp3) is 1.00. The Hall–Kier alpha value is 0.270. The Bertz CT molecular complexity index is 232. The third-order valence-electron chi connectivity index (χ3n) is 4.32. The van der Waals surface area contributed by atoms with E-state index in [9.17, 15) is 0 Å². The smallest absolute Gasteiger partial charge is 0.0184 e. The predicted molar refractivity (Wildman–Crippen MR) is 77.8 cm³/mol. The zero-order chi connectivity index (χ0) is 12.3.